The van der Waals surface area contributed by atoms with E-state index in [0.717, 1.165) is 5.56 Å². The molecule has 0 bridgehead atoms. The Morgan fingerprint density at radius 3 is 2.38 bits per heavy atom. The topological polar surface area (TPSA) is 38.3 Å². The molecule has 128 valence electrons. The van der Waals surface area contributed by atoms with E-state index in [1.54, 1.807) is 30.3 Å². The Hall–Kier alpha value is -2.57. The quantitative estimate of drug-likeness (QED) is 0.784. The number of hydrogen-bond acceptors (Lipinski definition) is 2. The first-order valence-corrected chi connectivity index (χ1v) is 7.05. The lowest BCUT2D eigenvalue weighted by atomic mass is 10.1. The highest BCUT2D eigenvalue weighted by Gasteiger charge is 2.41. The molecule has 3 nitrogen and oxygen atoms in total. The standard InChI is InChI=1S/C17H15F4NO2/c1-11-6-8-12(9-7-11)15(23)22-13-4-2-3-5-14(13)24-10-17(20,21)16(18)19/h2-9,16H,10H2,1H3,(H,22,23). The number of carbonyl (C=O) groups is 1. The maximum absolute atomic E-state index is 13.0. The van der Waals surface area contributed by atoms with Gasteiger partial charge < -0.3 is 10.1 Å². The smallest absolute Gasteiger partial charge is 0.340 e. The summed E-state index contributed by atoms with van der Waals surface area (Å²) < 4.78 is 55.1. The molecule has 2 aromatic carbocycles. The summed E-state index contributed by atoms with van der Waals surface area (Å²) in [5.74, 6) is -4.85. The van der Waals surface area contributed by atoms with Crippen LogP contribution in [0.5, 0.6) is 5.75 Å². The molecule has 2 aromatic rings. The van der Waals surface area contributed by atoms with Crippen molar-refractivity contribution in [2.75, 3.05) is 11.9 Å². The van der Waals surface area contributed by atoms with Crippen LogP contribution in [0.2, 0.25) is 0 Å². The van der Waals surface area contributed by atoms with Gasteiger partial charge in [0.25, 0.3) is 5.91 Å². The van der Waals surface area contributed by atoms with Crippen molar-refractivity contribution in [3.8, 4) is 5.75 Å². The fourth-order valence-corrected chi connectivity index (χ4v) is 1.83. The van der Waals surface area contributed by atoms with Crippen LogP contribution < -0.4 is 10.1 Å². The molecule has 1 N–H and O–H groups in total. The fraction of sp³-hybridized carbons (Fsp3) is 0.235. The Kier molecular flexibility index (Phi) is 5.43. The van der Waals surface area contributed by atoms with Gasteiger partial charge in [0.15, 0.2) is 6.61 Å². The number of halogens is 4. The van der Waals surface area contributed by atoms with Crippen LogP contribution in [-0.4, -0.2) is 24.9 Å². The second-order valence-corrected chi connectivity index (χ2v) is 5.17. The number of aryl methyl sites for hydroxylation is 1. The monoisotopic (exact) mass is 341 g/mol. The molecule has 2 rings (SSSR count). The summed E-state index contributed by atoms with van der Waals surface area (Å²) in [5, 5.41) is 2.52. The van der Waals surface area contributed by atoms with Crippen molar-refractivity contribution in [1.29, 1.82) is 0 Å². The zero-order chi connectivity index (χ0) is 17.7. The summed E-state index contributed by atoms with van der Waals surface area (Å²) in [6, 6.07) is 12.5. The third-order valence-electron chi connectivity index (χ3n) is 3.19. The van der Waals surface area contributed by atoms with Gasteiger partial charge in [0.1, 0.15) is 5.75 Å². The van der Waals surface area contributed by atoms with Gasteiger partial charge in [0.2, 0.25) is 0 Å². The number of benzene rings is 2. The number of amides is 1. The van der Waals surface area contributed by atoms with Crippen molar-refractivity contribution in [1.82, 2.24) is 0 Å². The Morgan fingerprint density at radius 1 is 1.12 bits per heavy atom. The van der Waals surface area contributed by atoms with E-state index in [0.29, 0.717) is 5.56 Å². The molecule has 0 spiro atoms. The molecule has 0 atom stereocenters. The summed E-state index contributed by atoms with van der Waals surface area (Å²) in [7, 11) is 0. The zero-order valence-electron chi connectivity index (χ0n) is 12.7. The number of anilines is 1. The first kappa shape index (κ1) is 17.8. The Balaban J connectivity index is 2.11. The van der Waals surface area contributed by atoms with Crippen molar-refractivity contribution in [2.24, 2.45) is 0 Å². The molecule has 7 heteroatoms. The average Bonchev–Trinajstić information content (AvgIpc) is 2.54. The van der Waals surface area contributed by atoms with Gasteiger partial charge >= 0.3 is 12.3 Å². The number of carbonyl (C=O) groups excluding carboxylic acids is 1. The number of para-hydroxylation sites is 2. The van der Waals surface area contributed by atoms with Gasteiger partial charge in [-0.1, -0.05) is 29.8 Å². The molecule has 0 heterocycles. The van der Waals surface area contributed by atoms with Crippen LogP contribution in [0, 0.1) is 6.92 Å². The lowest BCUT2D eigenvalue weighted by Gasteiger charge is -2.18. The van der Waals surface area contributed by atoms with E-state index in [4.69, 9.17) is 4.74 Å². The van der Waals surface area contributed by atoms with Gasteiger partial charge in [0, 0.05) is 5.56 Å². The van der Waals surface area contributed by atoms with E-state index in [2.05, 4.69) is 5.32 Å². The zero-order valence-corrected chi connectivity index (χ0v) is 12.7. The third-order valence-corrected chi connectivity index (χ3v) is 3.19. The van der Waals surface area contributed by atoms with Gasteiger partial charge in [-0.2, -0.15) is 8.78 Å². The van der Waals surface area contributed by atoms with Crippen molar-refractivity contribution in [2.45, 2.75) is 19.3 Å². The Bertz CT molecular complexity index is 702. The highest BCUT2D eigenvalue weighted by Crippen LogP contribution is 2.28. The Morgan fingerprint density at radius 2 is 1.75 bits per heavy atom. The Labute approximate surface area is 136 Å². The van der Waals surface area contributed by atoms with Gasteiger partial charge in [-0.05, 0) is 31.2 Å². The predicted octanol–water partition coefficient (Wildman–Crippen LogP) is 4.53. The summed E-state index contributed by atoms with van der Waals surface area (Å²) in [4.78, 5) is 12.2. The molecule has 0 aliphatic heterocycles. The van der Waals surface area contributed by atoms with Crippen molar-refractivity contribution < 1.29 is 27.1 Å². The minimum Gasteiger partial charge on any atom is -0.485 e. The number of alkyl halides is 4. The van der Waals surface area contributed by atoms with Crippen molar-refractivity contribution >= 4 is 11.6 Å². The first-order valence-electron chi connectivity index (χ1n) is 7.05. The van der Waals surface area contributed by atoms with Crippen molar-refractivity contribution in [3.63, 3.8) is 0 Å². The third kappa shape index (κ3) is 4.47. The second kappa shape index (κ2) is 7.33. The van der Waals surface area contributed by atoms with Crippen LogP contribution in [0.4, 0.5) is 23.2 Å². The molecule has 0 radical (unpaired) electrons. The minimum absolute atomic E-state index is 0.113. The van der Waals surface area contributed by atoms with Crippen molar-refractivity contribution in [3.05, 3.63) is 59.7 Å². The van der Waals surface area contributed by atoms with Gasteiger partial charge in [-0.15, -0.1) is 0 Å². The maximum atomic E-state index is 13.0. The SMILES string of the molecule is Cc1ccc(C(=O)Nc2ccccc2OCC(F)(F)C(F)F)cc1. The molecule has 0 aliphatic rings. The van der Waals surface area contributed by atoms with E-state index in [1.165, 1.54) is 18.2 Å². The highest BCUT2D eigenvalue weighted by atomic mass is 19.3. The van der Waals surface area contributed by atoms with Crippen LogP contribution in [-0.2, 0) is 0 Å². The molecule has 0 saturated carbocycles. The van der Waals surface area contributed by atoms with Crippen LogP contribution >= 0.6 is 0 Å². The summed E-state index contributed by atoms with van der Waals surface area (Å²) in [6.45, 7) is 0.385. The molecule has 0 fully saturated rings. The van der Waals surface area contributed by atoms with Crippen LogP contribution in [0.15, 0.2) is 48.5 Å². The second-order valence-electron chi connectivity index (χ2n) is 5.17. The number of hydrogen-bond donors (Lipinski definition) is 1. The summed E-state index contributed by atoms with van der Waals surface area (Å²) in [5.41, 5.74) is 1.46. The molecule has 0 unspecified atom stereocenters. The number of rotatable bonds is 6. The van der Waals surface area contributed by atoms with Crippen LogP contribution in [0.25, 0.3) is 0 Å². The van der Waals surface area contributed by atoms with Gasteiger partial charge in [-0.25, -0.2) is 8.78 Å². The molecule has 0 aliphatic carbocycles. The van der Waals surface area contributed by atoms with E-state index in [1.807, 2.05) is 6.92 Å². The van der Waals surface area contributed by atoms with Gasteiger partial charge in [-0.3, -0.25) is 4.79 Å². The minimum atomic E-state index is -4.27. The molecule has 0 aromatic heterocycles. The number of nitrogens with one attached hydrogen (secondary N) is 1. The van der Waals surface area contributed by atoms with Crippen LogP contribution in [0.1, 0.15) is 15.9 Å². The normalized spacial score (nSPS) is 11.4. The van der Waals surface area contributed by atoms with E-state index in [-0.39, 0.29) is 11.4 Å². The van der Waals surface area contributed by atoms with E-state index >= 15 is 0 Å². The molecule has 24 heavy (non-hydrogen) atoms. The molecular weight excluding hydrogens is 326 g/mol. The lowest BCUT2D eigenvalue weighted by molar-refractivity contribution is -0.148. The fourth-order valence-electron chi connectivity index (χ4n) is 1.83. The van der Waals surface area contributed by atoms with Crippen LogP contribution in [0.3, 0.4) is 0 Å². The molecular formula is C17H15F4NO2. The molecule has 0 saturated heterocycles. The highest BCUT2D eigenvalue weighted by molar-refractivity contribution is 6.05. The maximum Gasteiger partial charge on any atom is 0.340 e. The largest absolute Gasteiger partial charge is 0.485 e. The van der Waals surface area contributed by atoms with E-state index in [9.17, 15) is 22.4 Å². The summed E-state index contributed by atoms with van der Waals surface area (Å²) >= 11 is 0. The first-order chi connectivity index (χ1) is 11.3. The van der Waals surface area contributed by atoms with Gasteiger partial charge in [0.05, 0.1) is 5.69 Å². The average molecular weight is 341 g/mol. The summed E-state index contributed by atoms with van der Waals surface area (Å²) in [6.07, 6.45) is -3.83. The lowest BCUT2D eigenvalue weighted by Crippen LogP contribution is -2.33. The molecule has 1 amide bonds. The number of ether oxygens (including phenoxy) is 1. The predicted molar refractivity (Wildman–Crippen MR) is 82.0 cm³/mol. The van der Waals surface area contributed by atoms with E-state index < -0.39 is 24.9 Å².